The number of nitrogens with two attached hydrogens (primary N) is 1. The van der Waals surface area contributed by atoms with Crippen LogP contribution in [0.3, 0.4) is 0 Å². The van der Waals surface area contributed by atoms with Crippen molar-refractivity contribution in [1.82, 2.24) is 9.78 Å². The number of nitrogen functional groups attached to an aromatic ring is 1. The molecule has 0 bridgehead atoms. The number of benzene rings is 2. The fraction of sp³-hybridized carbons (Fsp3) is 0.188. The Morgan fingerprint density at radius 1 is 1.10 bits per heavy atom. The Bertz CT molecular complexity index is 745. The van der Waals surface area contributed by atoms with Gasteiger partial charge in [-0.05, 0) is 18.2 Å². The van der Waals surface area contributed by atoms with Crippen molar-refractivity contribution in [1.29, 1.82) is 0 Å². The van der Waals surface area contributed by atoms with Crippen LogP contribution in [0.5, 0.6) is 0 Å². The first-order valence-corrected chi connectivity index (χ1v) is 6.63. The second-order valence-electron chi connectivity index (χ2n) is 5.00. The van der Waals surface area contributed by atoms with E-state index in [4.69, 9.17) is 5.73 Å². The molecule has 0 aliphatic carbocycles. The molecule has 0 atom stereocenters. The lowest BCUT2D eigenvalue weighted by Gasteiger charge is -2.20. The van der Waals surface area contributed by atoms with E-state index in [1.54, 1.807) is 0 Å². The van der Waals surface area contributed by atoms with Gasteiger partial charge in [0, 0.05) is 19.5 Å². The lowest BCUT2D eigenvalue weighted by atomic mass is 10.2. The van der Waals surface area contributed by atoms with Crippen LogP contribution in [0.1, 0.15) is 5.69 Å². The number of aromatic nitrogens is 2. The van der Waals surface area contributed by atoms with E-state index in [0.29, 0.717) is 0 Å². The maximum absolute atomic E-state index is 6.03. The smallest absolute Gasteiger partial charge is 0.0896 e. The van der Waals surface area contributed by atoms with Gasteiger partial charge in [-0.15, -0.1) is 0 Å². The van der Waals surface area contributed by atoms with Gasteiger partial charge in [0.05, 0.1) is 29.1 Å². The van der Waals surface area contributed by atoms with Crippen molar-refractivity contribution in [3.8, 4) is 0 Å². The van der Waals surface area contributed by atoms with E-state index in [0.717, 1.165) is 29.1 Å². The van der Waals surface area contributed by atoms with Crippen LogP contribution >= 0.6 is 0 Å². The average Bonchev–Trinajstić information content (AvgIpc) is 2.76. The molecule has 3 rings (SSSR count). The summed E-state index contributed by atoms with van der Waals surface area (Å²) in [5.41, 5.74) is 10.1. The summed E-state index contributed by atoms with van der Waals surface area (Å²) in [6.07, 6.45) is 0. The Morgan fingerprint density at radius 3 is 2.60 bits per heavy atom. The normalized spacial score (nSPS) is 10.9. The molecule has 0 amide bonds. The van der Waals surface area contributed by atoms with Crippen molar-refractivity contribution in [2.45, 2.75) is 6.54 Å². The summed E-state index contributed by atoms with van der Waals surface area (Å²) in [5, 5.41) is 5.81. The minimum absolute atomic E-state index is 0.732. The second-order valence-corrected chi connectivity index (χ2v) is 5.00. The van der Waals surface area contributed by atoms with Crippen LogP contribution in [0, 0.1) is 0 Å². The molecular formula is C16H18N4. The molecule has 0 saturated carbocycles. The SMILES string of the molecule is CN(Cc1nn(C)c2ccccc12)c1ccccc1N. The zero-order chi connectivity index (χ0) is 14.1. The largest absolute Gasteiger partial charge is 0.397 e. The number of hydrogen-bond donors (Lipinski definition) is 1. The van der Waals surface area contributed by atoms with Gasteiger partial charge in [-0.1, -0.05) is 30.3 Å². The minimum Gasteiger partial charge on any atom is -0.397 e. The highest BCUT2D eigenvalue weighted by molar-refractivity contribution is 5.82. The van der Waals surface area contributed by atoms with E-state index < -0.39 is 0 Å². The molecule has 3 aromatic rings. The maximum Gasteiger partial charge on any atom is 0.0896 e. The summed E-state index contributed by atoms with van der Waals surface area (Å²) in [6.45, 7) is 0.732. The number of hydrogen-bond acceptors (Lipinski definition) is 3. The molecule has 1 heterocycles. The monoisotopic (exact) mass is 266 g/mol. The van der Waals surface area contributed by atoms with Crippen molar-refractivity contribution < 1.29 is 0 Å². The molecule has 0 unspecified atom stereocenters. The van der Waals surface area contributed by atoms with Crippen LogP contribution in [0.15, 0.2) is 48.5 Å². The molecule has 0 aliphatic heterocycles. The third-order valence-electron chi connectivity index (χ3n) is 3.57. The van der Waals surface area contributed by atoms with E-state index in [1.165, 1.54) is 5.39 Å². The van der Waals surface area contributed by atoms with Gasteiger partial charge in [0.25, 0.3) is 0 Å². The highest BCUT2D eigenvalue weighted by Gasteiger charge is 2.11. The third kappa shape index (κ3) is 2.09. The molecule has 0 aliphatic rings. The number of aryl methyl sites for hydroxylation is 1. The summed E-state index contributed by atoms with van der Waals surface area (Å²) in [4.78, 5) is 2.13. The van der Waals surface area contributed by atoms with Crippen molar-refractivity contribution in [2.75, 3.05) is 17.7 Å². The van der Waals surface area contributed by atoms with E-state index in [2.05, 4.69) is 22.1 Å². The standard InChI is InChI=1S/C16H18N4/c1-19(16-10-6-4-8-13(16)17)11-14-12-7-3-5-9-15(12)20(2)18-14/h3-10H,11,17H2,1-2H3. The molecule has 20 heavy (non-hydrogen) atoms. The quantitative estimate of drug-likeness (QED) is 0.741. The van der Waals surface area contributed by atoms with Crippen molar-refractivity contribution >= 4 is 22.3 Å². The molecule has 1 aromatic heterocycles. The molecular weight excluding hydrogens is 248 g/mol. The molecule has 0 fully saturated rings. The minimum atomic E-state index is 0.732. The Labute approximate surface area is 118 Å². The van der Waals surface area contributed by atoms with Crippen LogP contribution in [-0.2, 0) is 13.6 Å². The molecule has 102 valence electrons. The van der Waals surface area contributed by atoms with E-state index >= 15 is 0 Å². The summed E-state index contributed by atoms with van der Waals surface area (Å²) in [5.74, 6) is 0. The predicted octanol–water partition coefficient (Wildman–Crippen LogP) is 2.79. The molecule has 0 saturated heterocycles. The van der Waals surface area contributed by atoms with E-state index in [-0.39, 0.29) is 0 Å². The number of fused-ring (bicyclic) bond motifs is 1. The van der Waals surface area contributed by atoms with Crippen LogP contribution < -0.4 is 10.6 Å². The van der Waals surface area contributed by atoms with Gasteiger partial charge in [-0.3, -0.25) is 4.68 Å². The number of nitrogens with zero attached hydrogens (tertiary/aromatic N) is 3. The van der Waals surface area contributed by atoms with Gasteiger partial charge < -0.3 is 10.6 Å². The third-order valence-corrected chi connectivity index (χ3v) is 3.57. The molecule has 0 spiro atoms. The lowest BCUT2D eigenvalue weighted by molar-refractivity contribution is 0.755. The zero-order valence-corrected chi connectivity index (χ0v) is 11.7. The van der Waals surface area contributed by atoms with Gasteiger partial charge in [0.15, 0.2) is 0 Å². The predicted molar refractivity (Wildman–Crippen MR) is 83.7 cm³/mol. The Hall–Kier alpha value is -2.49. The summed E-state index contributed by atoms with van der Waals surface area (Å²) in [6, 6.07) is 16.2. The molecule has 4 nitrogen and oxygen atoms in total. The highest BCUT2D eigenvalue weighted by atomic mass is 15.3. The molecule has 4 heteroatoms. The molecule has 2 aromatic carbocycles. The van der Waals surface area contributed by atoms with Gasteiger partial charge in [-0.25, -0.2) is 0 Å². The van der Waals surface area contributed by atoms with Crippen molar-refractivity contribution in [3.63, 3.8) is 0 Å². The highest BCUT2D eigenvalue weighted by Crippen LogP contribution is 2.25. The van der Waals surface area contributed by atoms with Crippen LogP contribution in [0.4, 0.5) is 11.4 Å². The van der Waals surface area contributed by atoms with Crippen molar-refractivity contribution in [2.24, 2.45) is 7.05 Å². The van der Waals surface area contributed by atoms with Crippen LogP contribution in [0.25, 0.3) is 10.9 Å². The second kappa shape index (κ2) is 4.89. The fourth-order valence-electron chi connectivity index (χ4n) is 2.55. The van der Waals surface area contributed by atoms with Crippen LogP contribution in [0.2, 0.25) is 0 Å². The summed E-state index contributed by atoms with van der Waals surface area (Å²) in [7, 11) is 4.01. The Balaban J connectivity index is 1.96. The van der Waals surface area contributed by atoms with Gasteiger partial charge in [0.1, 0.15) is 0 Å². The van der Waals surface area contributed by atoms with E-state index in [9.17, 15) is 0 Å². The molecule has 2 N–H and O–H groups in total. The average molecular weight is 266 g/mol. The van der Waals surface area contributed by atoms with Gasteiger partial charge in [-0.2, -0.15) is 5.10 Å². The molecule has 0 radical (unpaired) electrons. The Morgan fingerprint density at radius 2 is 1.80 bits per heavy atom. The first-order valence-electron chi connectivity index (χ1n) is 6.63. The van der Waals surface area contributed by atoms with Crippen LogP contribution in [-0.4, -0.2) is 16.8 Å². The first-order chi connectivity index (χ1) is 9.66. The summed E-state index contributed by atoms with van der Waals surface area (Å²) >= 11 is 0. The first kappa shape index (κ1) is 12.5. The number of para-hydroxylation sites is 3. The lowest BCUT2D eigenvalue weighted by Crippen LogP contribution is -2.18. The van der Waals surface area contributed by atoms with Gasteiger partial charge in [0.2, 0.25) is 0 Å². The van der Waals surface area contributed by atoms with Crippen molar-refractivity contribution in [3.05, 3.63) is 54.2 Å². The summed E-state index contributed by atoms with van der Waals surface area (Å²) < 4.78 is 1.92. The number of rotatable bonds is 3. The number of anilines is 2. The van der Waals surface area contributed by atoms with Gasteiger partial charge >= 0.3 is 0 Å². The van der Waals surface area contributed by atoms with E-state index in [1.807, 2.05) is 55.2 Å². The topological polar surface area (TPSA) is 47.1 Å². The zero-order valence-electron chi connectivity index (χ0n) is 11.7. The fourth-order valence-corrected chi connectivity index (χ4v) is 2.55. The maximum atomic E-state index is 6.03. The Kier molecular flexibility index (Phi) is 3.06.